The van der Waals surface area contributed by atoms with Crippen LogP contribution >= 0.6 is 0 Å². The van der Waals surface area contributed by atoms with Crippen molar-refractivity contribution >= 4 is 5.91 Å². The molecule has 0 aromatic heterocycles. The number of ether oxygens (including phenoxy) is 1. The van der Waals surface area contributed by atoms with Gasteiger partial charge in [-0.2, -0.15) is 0 Å². The Morgan fingerprint density at radius 1 is 0.947 bits per heavy atom. The first-order valence-electron chi connectivity index (χ1n) is 6.29. The fourth-order valence-electron chi connectivity index (χ4n) is 2.47. The number of hydrogen-bond acceptors (Lipinski definition) is 2. The summed E-state index contributed by atoms with van der Waals surface area (Å²) in [6.45, 7) is 0. The van der Waals surface area contributed by atoms with Gasteiger partial charge in [0.2, 0.25) is 5.91 Å². The molecule has 0 spiro atoms. The summed E-state index contributed by atoms with van der Waals surface area (Å²) in [5, 5.41) is 2.97. The molecule has 3 rings (SSSR count). The van der Waals surface area contributed by atoms with Gasteiger partial charge in [-0.3, -0.25) is 4.79 Å². The highest BCUT2D eigenvalue weighted by Gasteiger charge is 2.41. The Morgan fingerprint density at radius 3 is 2.21 bits per heavy atom. The van der Waals surface area contributed by atoms with Crippen molar-refractivity contribution in [3.8, 4) is 5.75 Å². The summed E-state index contributed by atoms with van der Waals surface area (Å²) in [6, 6.07) is 17.8. The third-order valence-electron chi connectivity index (χ3n) is 3.55. The molecule has 0 saturated carbocycles. The minimum atomic E-state index is -0.103. The third-order valence-corrected chi connectivity index (χ3v) is 3.55. The summed E-state index contributed by atoms with van der Waals surface area (Å²) >= 11 is 0. The van der Waals surface area contributed by atoms with E-state index in [-0.39, 0.29) is 17.9 Å². The minimum absolute atomic E-state index is 0.0714. The van der Waals surface area contributed by atoms with Crippen molar-refractivity contribution in [2.24, 2.45) is 0 Å². The molecule has 3 nitrogen and oxygen atoms in total. The predicted octanol–water partition coefficient (Wildman–Crippen LogP) is 2.65. The minimum Gasteiger partial charge on any atom is -0.497 e. The number of carbonyl (C=O) groups excluding carboxylic acids is 1. The molecule has 2 aromatic carbocycles. The predicted molar refractivity (Wildman–Crippen MR) is 73.1 cm³/mol. The van der Waals surface area contributed by atoms with Crippen molar-refractivity contribution in [1.82, 2.24) is 5.32 Å². The summed E-state index contributed by atoms with van der Waals surface area (Å²) in [5.41, 5.74) is 2.17. The van der Waals surface area contributed by atoms with Gasteiger partial charge in [-0.25, -0.2) is 0 Å². The molecule has 3 heteroatoms. The molecule has 2 aromatic rings. The lowest BCUT2D eigenvalue weighted by atomic mass is 9.80. The largest absolute Gasteiger partial charge is 0.497 e. The lowest BCUT2D eigenvalue weighted by Gasteiger charge is -2.37. The zero-order valence-electron chi connectivity index (χ0n) is 10.7. The van der Waals surface area contributed by atoms with Gasteiger partial charge >= 0.3 is 0 Å². The van der Waals surface area contributed by atoms with Gasteiger partial charge in [-0.1, -0.05) is 42.5 Å². The van der Waals surface area contributed by atoms with E-state index in [1.165, 1.54) is 0 Å². The van der Waals surface area contributed by atoms with Crippen LogP contribution in [0.4, 0.5) is 0 Å². The molecule has 1 amide bonds. The Labute approximate surface area is 112 Å². The molecular weight excluding hydrogens is 238 g/mol. The maximum atomic E-state index is 11.8. The number of hydrogen-bond donors (Lipinski definition) is 1. The monoisotopic (exact) mass is 253 g/mol. The number of methoxy groups -OCH3 is 1. The van der Waals surface area contributed by atoms with Crippen molar-refractivity contribution in [3.63, 3.8) is 0 Å². The standard InChI is InChI=1S/C16H15NO2/c1-19-13-9-7-11(8-10-13)14-15(17-16(14)18)12-5-3-2-4-6-12/h2-10,14-15H,1H3,(H,17,18)/t14-,15-/m0/s1. The number of amides is 1. The summed E-state index contributed by atoms with van der Waals surface area (Å²) in [4.78, 5) is 11.8. The van der Waals surface area contributed by atoms with Crippen LogP contribution in [0.2, 0.25) is 0 Å². The van der Waals surface area contributed by atoms with Crippen LogP contribution in [0.5, 0.6) is 5.75 Å². The molecule has 2 atom stereocenters. The van der Waals surface area contributed by atoms with Crippen LogP contribution in [-0.4, -0.2) is 13.0 Å². The number of benzene rings is 2. The normalized spacial score (nSPS) is 21.4. The molecule has 0 aliphatic carbocycles. The molecule has 1 aliphatic heterocycles. The second-order valence-electron chi connectivity index (χ2n) is 4.65. The molecule has 1 fully saturated rings. The Hall–Kier alpha value is -2.29. The van der Waals surface area contributed by atoms with Gasteiger partial charge in [-0.05, 0) is 23.3 Å². The lowest BCUT2D eigenvalue weighted by molar-refractivity contribution is -0.130. The molecule has 19 heavy (non-hydrogen) atoms. The highest BCUT2D eigenvalue weighted by atomic mass is 16.5. The van der Waals surface area contributed by atoms with Gasteiger partial charge < -0.3 is 10.1 Å². The van der Waals surface area contributed by atoms with Crippen LogP contribution in [0.3, 0.4) is 0 Å². The van der Waals surface area contributed by atoms with E-state index < -0.39 is 0 Å². The van der Waals surface area contributed by atoms with E-state index in [4.69, 9.17) is 4.74 Å². The maximum Gasteiger partial charge on any atom is 0.230 e. The quantitative estimate of drug-likeness (QED) is 0.854. The van der Waals surface area contributed by atoms with Crippen LogP contribution in [0.25, 0.3) is 0 Å². The second kappa shape index (κ2) is 4.76. The molecule has 0 bridgehead atoms. The fourth-order valence-corrected chi connectivity index (χ4v) is 2.47. The first-order chi connectivity index (χ1) is 9.29. The number of nitrogens with one attached hydrogen (secondary N) is 1. The number of rotatable bonds is 3. The van der Waals surface area contributed by atoms with Crippen molar-refractivity contribution < 1.29 is 9.53 Å². The van der Waals surface area contributed by atoms with Gasteiger partial charge in [0, 0.05) is 0 Å². The average molecular weight is 253 g/mol. The summed E-state index contributed by atoms with van der Waals surface area (Å²) in [7, 11) is 1.64. The van der Waals surface area contributed by atoms with Crippen LogP contribution in [0.15, 0.2) is 54.6 Å². The number of β-lactam (4-membered cyclic amide) rings is 1. The summed E-state index contributed by atoms with van der Waals surface area (Å²) < 4.78 is 5.14. The third kappa shape index (κ3) is 2.08. The first kappa shape index (κ1) is 11.8. The first-order valence-corrected chi connectivity index (χ1v) is 6.29. The van der Waals surface area contributed by atoms with Crippen molar-refractivity contribution in [3.05, 3.63) is 65.7 Å². The highest BCUT2D eigenvalue weighted by Crippen LogP contribution is 2.38. The SMILES string of the molecule is COc1ccc([C@@H]2C(=O)N[C@H]2c2ccccc2)cc1. The summed E-state index contributed by atoms with van der Waals surface area (Å²) in [6.07, 6.45) is 0. The van der Waals surface area contributed by atoms with Gasteiger partial charge in [0.05, 0.1) is 19.1 Å². The van der Waals surface area contributed by atoms with Crippen LogP contribution in [0, 0.1) is 0 Å². The highest BCUT2D eigenvalue weighted by molar-refractivity contribution is 5.91. The van der Waals surface area contributed by atoms with E-state index in [9.17, 15) is 4.79 Å². The molecule has 1 saturated heterocycles. The Balaban J connectivity index is 1.87. The van der Waals surface area contributed by atoms with E-state index in [1.54, 1.807) is 7.11 Å². The zero-order valence-corrected chi connectivity index (χ0v) is 10.7. The topological polar surface area (TPSA) is 38.3 Å². The van der Waals surface area contributed by atoms with Crippen molar-refractivity contribution in [2.75, 3.05) is 7.11 Å². The number of carbonyl (C=O) groups is 1. The van der Waals surface area contributed by atoms with Gasteiger partial charge in [0.15, 0.2) is 0 Å². The van der Waals surface area contributed by atoms with Crippen molar-refractivity contribution in [1.29, 1.82) is 0 Å². The van der Waals surface area contributed by atoms with Crippen LogP contribution < -0.4 is 10.1 Å². The Morgan fingerprint density at radius 2 is 1.63 bits per heavy atom. The molecule has 1 N–H and O–H groups in total. The molecule has 0 radical (unpaired) electrons. The molecule has 0 unspecified atom stereocenters. The van der Waals surface area contributed by atoms with E-state index in [0.717, 1.165) is 16.9 Å². The van der Waals surface area contributed by atoms with Gasteiger partial charge in [0.25, 0.3) is 0 Å². The maximum absolute atomic E-state index is 11.8. The fraction of sp³-hybridized carbons (Fsp3) is 0.188. The molecule has 1 heterocycles. The average Bonchev–Trinajstić information content (AvgIpc) is 2.46. The van der Waals surface area contributed by atoms with Gasteiger partial charge in [-0.15, -0.1) is 0 Å². The van der Waals surface area contributed by atoms with E-state index in [1.807, 2.05) is 54.6 Å². The molecular formula is C16H15NO2. The van der Waals surface area contributed by atoms with Crippen LogP contribution in [0.1, 0.15) is 23.1 Å². The van der Waals surface area contributed by atoms with Crippen molar-refractivity contribution in [2.45, 2.75) is 12.0 Å². The Bertz CT molecular complexity index is 577. The Kier molecular flexibility index (Phi) is 2.95. The molecule has 96 valence electrons. The zero-order chi connectivity index (χ0) is 13.2. The molecule has 1 aliphatic rings. The lowest BCUT2D eigenvalue weighted by Crippen LogP contribution is -2.49. The van der Waals surface area contributed by atoms with E-state index in [0.29, 0.717) is 0 Å². The van der Waals surface area contributed by atoms with E-state index >= 15 is 0 Å². The van der Waals surface area contributed by atoms with E-state index in [2.05, 4.69) is 5.32 Å². The smallest absolute Gasteiger partial charge is 0.230 e. The van der Waals surface area contributed by atoms with Gasteiger partial charge in [0.1, 0.15) is 5.75 Å². The van der Waals surface area contributed by atoms with Crippen LogP contribution in [-0.2, 0) is 4.79 Å². The second-order valence-corrected chi connectivity index (χ2v) is 4.65. The summed E-state index contributed by atoms with van der Waals surface area (Å²) in [5.74, 6) is 0.784.